The lowest BCUT2D eigenvalue weighted by Crippen LogP contribution is -2.12. The van der Waals surface area contributed by atoms with Crippen molar-refractivity contribution >= 4 is 22.6 Å². The Kier molecular flexibility index (Phi) is 3.31. The van der Waals surface area contributed by atoms with Crippen molar-refractivity contribution in [1.82, 2.24) is 24.5 Å². The molecule has 0 radical (unpaired) electrons. The van der Waals surface area contributed by atoms with Gasteiger partial charge in [0.25, 0.3) is 5.91 Å². The second-order valence-electron chi connectivity index (χ2n) is 5.34. The number of nitrogens with one attached hydrogen (secondary N) is 2. The molecular weight excluding hydrogens is 304 g/mol. The third-order valence-electron chi connectivity index (χ3n) is 3.76. The van der Waals surface area contributed by atoms with Crippen molar-refractivity contribution in [2.45, 2.75) is 6.92 Å². The third-order valence-corrected chi connectivity index (χ3v) is 3.76. The van der Waals surface area contributed by atoms with Gasteiger partial charge in [0.1, 0.15) is 11.6 Å². The van der Waals surface area contributed by atoms with Gasteiger partial charge in [0, 0.05) is 18.0 Å². The Morgan fingerprint density at radius 2 is 2.08 bits per heavy atom. The van der Waals surface area contributed by atoms with Gasteiger partial charge in [-0.05, 0) is 37.3 Å². The van der Waals surface area contributed by atoms with Crippen molar-refractivity contribution in [2.24, 2.45) is 0 Å². The van der Waals surface area contributed by atoms with Crippen LogP contribution >= 0.6 is 0 Å². The van der Waals surface area contributed by atoms with Crippen LogP contribution in [0.15, 0.2) is 55.2 Å². The highest BCUT2D eigenvalue weighted by molar-refractivity contribution is 6.05. The number of nitrogens with zero attached hydrogens (tertiary/aromatic N) is 4. The number of rotatable bonds is 3. The normalized spacial score (nSPS) is 10.9. The Hall–Kier alpha value is -3.48. The standard InChI is InChI=1S/C17H14N6O/c1-11-18-6-7-23(11)16-5-3-13(9-19-16)22-17(24)12-2-4-14-15(8-12)21-10-20-14/h2-10H,1H3,(H,20,21)(H,22,24). The van der Waals surface area contributed by atoms with Gasteiger partial charge in [0.2, 0.25) is 0 Å². The minimum absolute atomic E-state index is 0.195. The summed E-state index contributed by atoms with van der Waals surface area (Å²) in [5.74, 6) is 1.41. The molecule has 1 aromatic carbocycles. The number of anilines is 1. The van der Waals surface area contributed by atoms with E-state index in [9.17, 15) is 4.79 Å². The first-order valence-corrected chi connectivity index (χ1v) is 7.41. The van der Waals surface area contributed by atoms with Gasteiger partial charge < -0.3 is 10.3 Å². The molecule has 4 aromatic rings. The van der Waals surface area contributed by atoms with E-state index in [-0.39, 0.29) is 5.91 Å². The lowest BCUT2D eigenvalue weighted by molar-refractivity contribution is 0.102. The first-order valence-electron chi connectivity index (χ1n) is 7.41. The number of benzene rings is 1. The van der Waals surface area contributed by atoms with E-state index in [4.69, 9.17) is 0 Å². The van der Waals surface area contributed by atoms with E-state index in [2.05, 4.69) is 25.3 Å². The second-order valence-corrected chi connectivity index (χ2v) is 5.34. The van der Waals surface area contributed by atoms with E-state index in [1.165, 1.54) is 0 Å². The Labute approximate surface area is 137 Å². The average Bonchev–Trinajstić information content (AvgIpc) is 3.23. The molecule has 0 aliphatic heterocycles. The van der Waals surface area contributed by atoms with Crippen LogP contribution in [-0.4, -0.2) is 30.4 Å². The van der Waals surface area contributed by atoms with Gasteiger partial charge >= 0.3 is 0 Å². The molecule has 4 rings (SSSR count). The van der Waals surface area contributed by atoms with Gasteiger partial charge in [0.15, 0.2) is 0 Å². The summed E-state index contributed by atoms with van der Waals surface area (Å²) in [6, 6.07) is 8.98. The first-order chi connectivity index (χ1) is 11.7. The van der Waals surface area contributed by atoms with Crippen LogP contribution in [0.4, 0.5) is 5.69 Å². The number of carbonyl (C=O) groups excluding carboxylic acids is 1. The zero-order valence-electron chi connectivity index (χ0n) is 12.9. The van der Waals surface area contributed by atoms with Gasteiger partial charge in [-0.3, -0.25) is 9.36 Å². The molecule has 0 unspecified atom stereocenters. The van der Waals surface area contributed by atoms with Crippen LogP contribution in [0, 0.1) is 6.92 Å². The van der Waals surface area contributed by atoms with Crippen molar-refractivity contribution in [3.05, 3.63) is 66.6 Å². The number of pyridine rings is 1. The quantitative estimate of drug-likeness (QED) is 0.608. The van der Waals surface area contributed by atoms with Crippen LogP contribution in [0.2, 0.25) is 0 Å². The maximum atomic E-state index is 12.4. The number of H-pyrrole nitrogens is 1. The van der Waals surface area contributed by atoms with Crippen LogP contribution in [-0.2, 0) is 0 Å². The number of hydrogen-bond donors (Lipinski definition) is 2. The van der Waals surface area contributed by atoms with Crippen LogP contribution in [0.25, 0.3) is 16.9 Å². The SMILES string of the molecule is Cc1nccn1-c1ccc(NC(=O)c2ccc3nc[nH]c3c2)cn1. The lowest BCUT2D eigenvalue weighted by Gasteiger charge is -2.07. The van der Waals surface area contributed by atoms with E-state index < -0.39 is 0 Å². The monoisotopic (exact) mass is 318 g/mol. The van der Waals surface area contributed by atoms with E-state index >= 15 is 0 Å². The number of aromatic nitrogens is 5. The summed E-state index contributed by atoms with van der Waals surface area (Å²) in [5, 5.41) is 2.84. The van der Waals surface area contributed by atoms with E-state index in [0.29, 0.717) is 11.3 Å². The Morgan fingerprint density at radius 3 is 2.83 bits per heavy atom. The summed E-state index contributed by atoms with van der Waals surface area (Å²) < 4.78 is 1.87. The van der Waals surface area contributed by atoms with Gasteiger partial charge in [-0.25, -0.2) is 15.0 Å². The minimum atomic E-state index is -0.195. The van der Waals surface area contributed by atoms with E-state index in [1.807, 2.05) is 35.9 Å². The smallest absolute Gasteiger partial charge is 0.255 e. The average molecular weight is 318 g/mol. The number of hydrogen-bond acceptors (Lipinski definition) is 4. The predicted molar refractivity (Wildman–Crippen MR) is 90.1 cm³/mol. The summed E-state index contributed by atoms with van der Waals surface area (Å²) in [6.45, 7) is 1.91. The van der Waals surface area contributed by atoms with E-state index in [1.54, 1.807) is 30.9 Å². The first kappa shape index (κ1) is 14.1. The number of aryl methyl sites for hydroxylation is 1. The van der Waals surface area contributed by atoms with Crippen LogP contribution < -0.4 is 5.32 Å². The van der Waals surface area contributed by atoms with E-state index in [0.717, 1.165) is 22.7 Å². The Bertz CT molecular complexity index is 1010. The number of fused-ring (bicyclic) bond motifs is 1. The fraction of sp³-hybridized carbons (Fsp3) is 0.0588. The summed E-state index contributed by atoms with van der Waals surface area (Å²) in [7, 11) is 0. The lowest BCUT2D eigenvalue weighted by atomic mass is 10.2. The van der Waals surface area contributed by atoms with Gasteiger partial charge in [-0.1, -0.05) is 0 Å². The second kappa shape index (κ2) is 5.62. The molecule has 2 N–H and O–H groups in total. The molecule has 0 fully saturated rings. The van der Waals surface area contributed by atoms with Crippen molar-refractivity contribution in [3.63, 3.8) is 0 Å². The van der Waals surface area contributed by atoms with Crippen LogP contribution in [0.3, 0.4) is 0 Å². The molecule has 0 aliphatic rings. The zero-order chi connectivity index (χ0) is 16.5. The zero-order valence-corrected chi connectivity index (χ0v) is 12.9. The summed E-state index contributed by atoms with van der Waals surface area (Å²) in [6.07, 6.45) is 6.79. The number of aromatic amines is 1. The topological polar surface area (TPSA) is 88.5 Å². The summed E-state index contributed by atoms with van der Waals surface area (Å²) in [4.78, 5) is 28.0. The molecule has 24 heavy (non-hydrogen) atoms. The molecule has 0 aliphatic carbocycles. The van der Waals surface area contributed by atoms with Gasteiger partial charge in [-0.2, -0.15) is 0 Å². The fourth-order valence-corrected chi connectivity index (χ4v) is 2.50. The number of carbonyl (C=O) groups is 1. The van der Waals surface area contributed by atoms with Gasteiger partial charge in [-0.15, -0.1) is 0 Å². The highest BCUT2D eigenvalue weighted by atomic mass is 16.1. The van der Waals surface area contributed by atoms with Crippen LogP contribution in [0.1, 0.15) is 16.2 Å². The van der Waals surface area contributed by atoms with Crippen molar-refractivity contribution < 1.29 is 4.79 Å². The number of imidazole rings is 2. The molecular formula is C17H14N6O. The maximum absolute atomic E-state index is 12.4. The van der Waals surface area contributed by atoms with Crippen molar-refractivity contribution in [1.29, 1.82) is 0 Å². The van der Waals surface area contributed by atoms with Crippen molar-refractivity contribution in [3.8, 4) is 5.82 Å². The van der Waals surface area contributed by atoms with Gasteiger partial charge in [0.05, 0.1) is 29.2 Å². The molecule has 0 spiro atoms. The molecule has 0 saturated carbocycles. The molecule has 0 atom stereocenters. The highest BCUT2D eigenvalue weighted by Gasteiger charge is 2.09. The molecule has 0 bridgehead atoms. The predicted octanol–water partition coefficient (Wildman–Crippen LogP) is 2.70. The van der Waals surface area contributed by atoms with Crippen molar-refractivity contribution in [2.75, 3.05) is 5.32 Å². The Morgan fingerprint density at radius 1 is 1.17 bits per heavy atom. The fourth-order valence-electron chi connectivity index (χ4n) is 2.50. The van der Waals surface area contributed by atoms with Crippen LogP contribution in [0.5, 0.6) is 0 Å². The summed E-state index contributed by atoms with van der Waals surface area (Å²) in [5.41, 5.74) is 2.84. The molecule has 0 saturated heterocycles. The Balaban J connectivity index is 1.54. The minimum Gasteiger partial charge on any atom is -0.345 e. The molecule has 3 aromatic heterocycles. The largest absolute Gasteiger partial charge is 0.345 e. The number of amides is 1. The highest BCUT2D eigenvalue weighted by Crippen LogP contribution is 2.15. The molecule has 7 nitrogen and oxygen atoms in total. The molecule has 118 valence electrons. The molecule has 7 heteroatoms. The maximum Gasteiger partial charge on any atom is 0.255 e. The summed E-state index contributed by atoms with van der Waals surface area (Å²) >= 11 is 0. The third kappa shape index (κ3) is 2.52. The molecule has 1 amide bonds. The molecule has 3 heterocycles.